The van der Waals surface area contributed by atoms with Crippen molar-refractivity contribution < 1.29 is 0 Å². The summed E-state index contributed by atoms with van der Waals surface area (Å²) in [7, 11) is 1.67. The molecule has 0 aromatic rings. The Hall–Kier alpha value is -0.770. The normalized spacial score (nSPS) is 11.4. The molecule has 4 heteroatoms. The number of nitrogens with two attached hydrogens (primary N) is 2. The maximum atomic E-state index is 5.15. The van der Waals surface area contributed by atoms with Gasteiger partial charge in [-0.2, -0.15) is 5.10 Å². The van der Waals surface area contributed by atoms with E-state index in [-0.39, 0.29) is 0 Å². The molecule has 42 valence electrons. The third-order valence-corrected chi connectivity index (χ3v) is 0.465. The lowest BCUT2D eigenvalue weighted by Crippen LogP contribution is -2.25. The van der Waals surface area contributed by atoms with Gasteiger partial charge < -0.3 is 16.9 Å². The van der Waals surface area contributed by atoms with E-state index in [2.05, 4.69) is 10.5 Å². The third-order valence-electron chi connectivity index (χ3n) is 0.465. The number of rotatable bonds is 2. The zero-order chi connectivity index (χ0) is 5.70. The Morgan fingerprint density at radius 2 is 2.43 bits per heavy atom. The predicted molar refractivity (Wildman–Crippen MR) is 29.7 cm³/mol. The molecule has 0 amide bonds. The molecular weight excluding hydrogens is 92.1 g/mol. The lowest BCUT2D eigenvalue weighted by molar-refractivity contribution is 0.890. The van der Waals surface area contributed by atoms with Gasteiger partial charge >= 0.3 is 0 Å². The molecule has 0 aliphatic heterocycles. The standard InChI is InChI=1S/C3H10N4/c1-6-7-3(5)2-4/h6H,2,4H2,1H3,(H2,5,7). The molecule has 0 spiro atoms. The first kappa shape index (κ1) is 6.23. The highest BCUT2D eigenvalue weighted by Gasteiger charge is 1.78. The van der Waals surface area contributed by atoms with Crippen molar-refractivity contribution in [2.45, 2.75) is 0 Å². The molecule has 5 N–H and O–H groups in total. The minimum absolute atomic E-state index is 0.306. The van der Waals surface area contributed by atoms with Gasteiger partial charge in [0.05, 0.1) is 6.54 Å². The van der Waals surface area contributed by atoms with E-state index in [1.165, 1.54) is 0 Å². The van der Waals surface area contributed by atoms with Crippen molar-refractivity contribution in [2.75, 3.05) is 13.6 Å². The second kappa shape index (κ2) is 3.42. The van der Waals surface area contributed by atoms with Crippen LogP contribution in [0.4, 0.5) is 0 Å². The van der Waals surface area contributed by atoms with Gasteiger partial charge in [-0.25, -0.2) is 0 Å². The molecule has 0 aromatic heterocycles. The van der Waals surface area contributed by atoms with Crippen LogP contribution in [0.3, 0.4) is 0 Å². The second-order valence-electron chi connectivity index (χ2n) is 1.03. The van der Waals surface area contributed by atoms with Gasteiger partial charge in [-0.15, -0.1) is 0 Å². The molecule has 0 aliphatic rings. The molecule has 0 atom stereocenters. The van der Waals surface area contributed by atoms with Crippen LogP contribution in [-0.2, 0) is 0 Å². The Morgan fingerprint density at radius 3 is 2.57 bits per heavy atom. The molecule has 0 saturated heterocycles. The van der Waals surface area contributed by atoms with Crippen LogP contribution >= 0.6 is 0 Å². The molecule has 4 nitrogen and oxygen atoms in total. The van der Waals surface area contributed by atoms with Crippen molar-refractivity contribution in [3.05, 3.63) is 0 Å². The lowest BCUT2D eigenvalue weighted by Gasteiger charge is -1.90. The molecule has 0 bridgehead atoms. The van der Waals surface area contributed by atoms with E-state index in [9.17, 15) is 0 Å². The molecule has 0 fully saturated rings. The summed E-state index contributed by atoms with van der Waals surface area (Å²) >= 11 is 0. The molecule has 0 radical (unpaired) electrons. The van der Waals surface area contributed by atoms with Crippen LogP contribution in [0.2, 0.25) is 0 Å². The van der Waals surface area contributed by atoms with Crippen molar-refractivity contribution in [3.8, 4) is 0 Å². The number of nitrogens with one attached hydrogen (secondary N) is 1. The maximum Gasteiger partial charge on any atom is 0.133 e. The van der Waals surface area contributed by atoms with Crippen LogP contribution in [-0.4, -0.2) is 19.4 Å². The molecule has 0 saturated carbocycles. The van der Waals surface area contributed by atoms with E-state index in [1.54, 1.807) is 7.05 Å². The number of amidine groups is 1. The first-order valence-electron chi connectivity index (χ1n) is 2.00. The van der Waals surface area contributed by atoms with Crippen LogP contribution in [0, 0.1) is 0 Å². The summed E-state index contributed by atoms with van der Waals surface area (Å²) in [5.74, 6) is 0.419. The fourth-order valence-corrected chi connectivity index (χ4v) is 0.189. The molecule has 0 heterocycles. The first-order valence-corrected chi connectivity index (χ1v) is 2.00. The van der Waals surface area contributed by atoms with Gasteiger partial charge in [-0.05, 0) is 0 Å². The zero-order valence-electron chi connectivity index (χ0n) is 4.31. The van der Waals surface area contributed by atoms with E-state index in [1.807, 2.05) is 0 Å². The quantitative estimate of drug-likeness (QED) is 0.224. The number of hydrazone groups is 1. The Bertz CT molecular complexity index is 67.3. The summed E-state index contributed by atoms with van der Waals surface area (Å²) in [5, 5.41) is 3.56. The number of hydrogen-bond acceptors (Lipinski definition) is 3. The van der Waals surface area contributed by atoms with E-state index in [0.29, 0.717) is 12.4 Å². The topological polar surface area (TPSA) is 76.4 Å². The maximum absolute atomic E-state index is 5.15. The van der Waals surface area contributed by atoms with Crippen molar-refractivity contribution in [1.82, 2.24) is 5.43 Å². The monoisotopic (exact) mass is 102 g/mol. The summed E-state index contributed by atoms with van der Waals surface area (Å²) in [4.78, 5) is 0. The fraction of sp³-hybridized carbons (Fsp3) is 0.667. The van der Waals surface area contributed by atoms with Gasteiger partial charge in [0, 0.05) is 7.05 Å². The van der Waals surface area contributed by atoms with Crippen LogP contribution in [0.1, 0.15) is 0 Å². The summed E-state index contributed by atoms with van der Waals surface area (Å²) < 4.78 is 0. The van der Waals surface area contributed by atoms with Gasteiger partial charge in [0.25, 0.3) is 0 Å². The summed E-state index contributed by atoms with van der Waals surface area (Å²) in [6.45, 7) is 0.306. The van der Waals surface area contributed by atoms with Gasteiger partial charge in [-0.3, -0.25) is 0 Å². The van der Waals surface area contributed by atoms with E-state index < -0.39 is 0 Å². The summed E-state index contributed by atoms with van der Waals surface area (Å²) in [5.41, 5.74) is 12.7. The highest BCUT2D eigenvalue weighted by Crippen LogP contribution is 1.53. The largest absolute Gasteiger partial charge is 0.385 e. The SMILES string of the molecule is CN/N=C(\N)CN. The predicted octanol–water partition coefficient (Wildman–Crippen LogP) is -1.56. The van der Waals surface area contributed by atoms with Crippen molar-refractivity contribution in [2.24, 2.45) is 16.6 Å². The smallest absolute Gasteiger partial charge is 0.133 e. The van der Waals surface area contributed by atoms with E-state index in [0.717, 1.165) is 0 Å². The number of hydrogen-bond donors (Lipinski definition) is 3. The Labute approximate surface area is 42.6 Å². The van der Waals surface area contributed by atoms with Crippen LogP contribution in [0.5, 0.6) is 0 Å². The lowest BCUT2D eigenvalue weighted by atomic mass is 10.6. The fourth-order valence-electron chi connectivity index (χ4n) is 0.189. The molecule has 0 unspecified atom stereocenters. The highest BCUT2D eigenvalue weighted by molar-refractivity contribution is 5.81. The zero-order valence-corrected chi connectivity index (χ0v) is 4.31. The van der Waals surface area contributed by atoms with Gasteiger partial charge in [0.1, 0.15) is 5.84 Å². The van der Waals surface area contributed by atoms with Gasteiger partial charge in [0.2, 0.25) is 0 Å². The summed E-state index contributed by atoms with van der Waals surface area (Å²) in [6.07, 6.45) is 0. The third kappa shape index (κ3) is 3.05. The Balaban J connectivity index is 3.29. The minimum Gasteiger partial charge on any atom is -0.385 e. The second-order valence-corrected chi connectivity index (χ2v) is 1.03. The van der Waals surface area contributed by atoms with Gasteiger partial charge in [-0.1, -0.05) is 0 Å². The van der Waals surface area contributed by atoms with Crippen molar-refractivity contribution >= 4 is 5.84 Å². The van der Waals surface area contributed by atoms with E-state index in [4.69, 9.17) is 11.5 Å². The van der Waals surface area contributed by atoms with Crippen LogP contribution in [0.25, 0.3) is 0 Å². The Kier molecular flexibility index (Phi) is 3.04. The average molecular weight is 102 g/mol. The minimum atomic E-state index is 0.306. The Morgan fingerprint density at radius 1 is 1.86 bits per heavy atom. The first-order chi connectivity index (χ1) is 3.31. The highest BCUT2D eigenvalue weighted by atomic mass is 15.3. The molecular formula is C3H10N4. The van der Waals surface area contributed by atoms with Gasteiger partial charge in [0.15, 0.2) is 0 Å². The molecule has 0 aromatic carbocycles. The van der Waals surface area contributed by atoms with Crippen LogP contribution < -0.4 is 16.9 Å². The van der Waals surface area contributed by atoms with E-state index >= 15 is 0 Å². The molecule has 0 aliphatic carbocycles. The van der Waals surface area contributed by atoms with Crippen molar-refractivity contribution in [1.29, 1.82) is 0 Å². The average Bonchev–Trinajstić information content (AvgIpc) is 1.68. The molecule has 0 rings (SSSR count). The number of nitrogens with zero attached hydrogens (tertiary/aromatic N) is 1. The summed E-state index contributed by atoms with van der Waals surface area (Å²) in [6, 6.07) is 0. The molecule has 7 heavy (non-hydrogen) atoms. The van der Waals surface area contributed by atoms with Crippen molar-refractivity contribution in [3.63, 3.8) is 0 Å². The van der Waals surface area contributed by atoms with Crippen LogP contribution in [0.15, 0.2) is 5.10 Å².